The Bertz CT molecular complexity index is 510. The lowest BCUT2D eigenvalue weighted by atomic mass is 10.2. The number of benzene rings is 1. The predicted octanol–water partition coefficient (Wildman–Crippen LogP) is 3.15. The van der Waals surface area contributed by atoms with Crippen LogP contribution in [0.4, 0.5) is 0 Å². The Morgan fingerprint density at radius 3 is 2.74 bits per heavy atom. The van der Waals surface area contributed by atoms with Gasteiger partial charge in [-0.05, 0) is 26.8 Å². The van der Waals surface area contributed by atoms with Gasteiger partial charge in [0.25, 0.3) is 0 Å². The minimum absolute atomic E-state index is 0.233. The van der Waals surface area contributed by atoms with Crippen LogP contribution in [0.3, 0.4) is 0 Å². The average Bonchev–Trinajstić information content (AvgIpc) is 2.82. The van der Waals surface area contributed by atoms with E-state index in [1.807, 2.05) is 18.2 Å². The van der Waals surface area contributed by atoms with Crippen LogP contribution in [0.2, 0.25) is 0 Å². The molecule has 2 aromatic rings. The molecule has 19 heavy (non-hydrogen) atoms. The second-order valence-electron chi connectivity index (χ2n) is 4.59. The molecule has 102 valence electrons. The molecule has 4 heteroatoms. The van der Waals surface area contributed by atoms with Gasteiger partial charge in [-0.2, -0.15) is 0 Å². The van der Waals surface area contributed by atoms with Crippen LogP contribution >= 0.6 is 11.3 Å². The summed E-state index contributed by atoms with van der Waals surface area (Å²) in [6, 6.07) is 10.5. The summed E-state index contributed by atoms with van der Waals surface area (Å²) in [6.07, 6.45) is 0.785. The van der Waals surface area contributed by atoms with E-state index in [-0.39, 0.29) is 12.6 Å². The zero-order valence-corrected chi connectivity index (χ0v) is 12.2. The highest BCUT2D eigenvalue weighted by molar-refractivity contribution is 7.15. The largest absolute Gasteiger partial charge is 0.396 e. The number of hydrogen-bond acceptors (Lipinski definition) is 4. The molecule has 3 nitrogen and oxygen atoms in total. The highest BCUT2D eigenvalue weighted by Gasteiger charge is 2.14. The van der Waals surface area contributed by atoms with Gasteiger partial charge in [0.15, 0.2) is 0 Å². The van der Waals surface area contributed by atoms with E-state index >= 15 is 0 Å². The van der Waals surface area contributed by atoms with Crippen LogP contribution in [0.25, 0.3) is 10.6 Å². The summed E-state index contributed by atoms with van der Waals surface area (Å²) in [5, 5.41) is 13.3. The molecule has 0 aliphatic rings. The Morgan fingerprint density at radius 2 is 2.05 bits per heavy atom. The van der Waals surface area contributed by atoms with Crippen LogP contribution in [-0.4, -0.2) is 23.2 Å². The summed E-state index contributed by atoms with van der Waals surface area (Å²) >= 11 is 1.74. The smallest absolute Gasteiger partial charge is 0.123 e. The van der Waals surface area contributed by atoms with Crippen molar-refractivity contribution in [1.82, 2.24) is 10.3 Å². The maximum Gasteiger partial charge on any atom is 0.123 e. The van der Waals surface area contributed by atoms with Crippen LogP contribution in [0.5, 0.6) is 0 Å². The molecule has 0 spiro atoms. The van der Waals surface area contributed by atoms with Crippen LogP contribution in [-0.2, 0) is 0 Å². The van der Waals surface area contributed by atoms with E-state index < -0.39 is 0 Å². The van der Waals surface area contributed by atoms with E-state index in [1.54, 1.807) is 11.3 Å². The molecule has 1 atom stereocenters. The molecule has 1 aromatic carbocycles. The van der Waals surface area contributed by atoms with E-state index in [1.165, 1.54) is 10.4 Å². The number of aromatic nitrogens is 1. The second-order valence-corrected chi connectivity index (χ2v) is 5.62. The van der Waals surface area contributed by atoms with Crippen LogP contribution in [0.1, 0.15) is 30.0 Å². The Labute approximate surface area is 118 Å². The molecule has 1 heterocycles. The van der Waals surface area contributed by atoms with E-state index in [0.717, 1.165) is 23.7 Å². The molecule has 0 saturated carbocycles. The van der Waals surface area contributed by atoms with Crippen molar-refractivity contribution in [2.45, 2.75) is 26.3 Å². The van der Waals surface area contributed by atoms with Crippen LogP contribution in [0.15, 0.2) is 30.3 Å². The van der Waals surface area contributed by atoms with E-state index in [0.29, 0.717) is 0 Å². The Balaban J connectivity index is 2.13. The van der Waals surface area contributed by atoms with Gasteiger partial charge in [0, 0.05) is 23.1 Å². The number of rotatable bonds is 6. The molecule has 0 aliphatic heterocycles. The number of nitrogens with one attached hydrogen (secondary N) is 1. The number of thiazole rings is 1. The van der Waals surface area contributed by atoms with Gasteiger partial charge in [0.05, 0.1) is 5.69 Å². The lowest BCUT2D eigenvalue weighted by Gasteiger charge is -2.11. The fourth-order valence-corrected chi connectivity index (χ4v) is 3.10. The molecule has 0 bridgehead atoms. The minimum atomic E-state index is 0.233. The first-order valence-corrected chi connectivity index (χ1v) is 7.41. The van der Waals surface area contributed by atoms with Crippen molar-refractivity contribution in [2.75, 3.05) is 13.2 Å². The third kappa shape index (κ3) is 3.62. The van der Waals surface area contributed by atoms with Gasteiger partial charge in [-0.1, -0.05) is 30.3 Å². The topological polar surface area (TPSA) is 45.2 Å². The normalized spacial score (nSPS) is 12.6. The van der Waals surface area contributed by atoms with Crippen molar-refractivity contribution in [3.63, 3.8) is 0 Å². The first-order chi connectivity index (χ1) is 9.22. The summed E-state index contributed by atoms with van der Waals surface area (Å²) in [6.45, 7) is 5.27. The van der Waals surface area contributed by atoms with Crippen molar-refractivity contribution in [1.29, 1.82) is 0 Å². The average molecular weight is 276 g/mol. The standard InChI is InChI=1S/C15H20N2OS/c1-11(16-9-6-10-18)14-12(2)17-15(19-14)13-7-4-3-5-8-13/h3-5,7-8,11,16,18H,6,9-10H2,1-2H3. The molecule has 0 amide bonds. The van der Waals surface area contributed by atoms with Crippen molar-refractivity contribution in [3.8, 4) is 10.6 Å². The van der Waals surface area contributed by atoms with Crippen molar-refractivity contribution >= 4 is 11.3 Å². The van der Waals surface area contributed by atoms with Gasteiger partial charge in [-0.3, -0.25) is 0 Å². The number of aryl methyl sites for hydroxylation is 1. The first kappa shape index (κ1) is 14.2. The third-order valence-corrected chi connectivity index (χ3v) is 4.42. The molecule has 1 unspecified atom stereocenters. The number of aliphatic hydroxyl groups excluding tert-OH is 1. The molecule has 0 radical (unpaired) electrons. The molecule has 2 rings (SSSR count). The molecular formula is C15H20N2OS. The molecule has 0 saturated heterocycles. The van der Waals surface area contributed by atoms with Crippen molar-refractivity contribution in [2.24, 2.45) is 0 Å². The van der Waals surface area contributed by atoms with E-state index in [4.69, 9.17) is 5.11 Å². The summed E-state index contributed by atoms with van der Waals surface area (Å²) in [5.41, 5.74) is 2.26. The monoisotopic (exact) mass is 276 g/mol. The molecule has 0 aliphatic carbocycles. The molecule has 2 N–H and O–H groups in total. The van der Waals surface area contributed by atoms with E-state index in [9.17, 15) is 0 Å². The van der Waals surface area contributed by atoms with Gasteiger partial charge in [0.1, 0.15) is 5.01 Å². The number of hydrogen-bond donors (Lipinski definition) is 2. The first-order valence-electron chi connectivity index (χ1n) is 6.59. The SMILES string of the molecule is Cc1nc(-c2ccccc2)sc1C(C)NCCCO. The molecule has 0 fully saturated rings. The quantitative estimate of drug-likeness (QED) is 0.797. The van der Waals surface area contributed by atoms with Gasteiger partial charge < -0.3 is 10.4 Å². The van der Waals surface area contributed by atoms with Gasteiger partial charge in [-0.25, -0.2) is 4.98 Å². The summed E-state index contributed by atoms with van der Waals surface area (Å²) in [4.78, 5) is 5.93. The molecule has 1 aromatic heterocycles. The maximum atomic E-state index is 8.81. The number of aliphatic hydroxyl groups is 1. The Hall–Kier alpha value is -1.23. The van der Waals surface area contributed by atoms with Crippen LogP contribution in [0, 0.1) is 6.92 Å². The number of nitrogens with zero attached hydrogens (tertiary/aromatic N) is 1. The summed E-state index contributed by atoms with van der Waals surface area (Å²) in [7, 11) is 0. The van der Waals surface area contributed by atoms with Crippen LogP contribution < -0.4 is 5.32 Å². The fourth-order valence-electron chi connectivity index (χ4n) is 2.00. The Kier molecular flexibility index (Phi) is 5.07. The van der Waals surface area contributed by atoms with Gasteiger partial charge >= 0.3 is 0 Å². The zero-order chi connectivity index (χ0) is 13.7. The summed E-state index contributed by atoms with van der Waals surface area (Å²) < 4.78 is 0. The molecular weight excluding hydrogens is 256 g/mol. The highest BCUT2D eigenvalue weighted by atomic mass is 32.1. The van der Waals surface area contributed by atoms with E-state index in [2.05, 4.69) is 36.3 Å². The van der Waals surface area contributed by atoms with Crippen molar-refractivity contribution < 1.29 is 5.11 Å². The second kappa shape index (κ2) is 6.80. The van der Waals surface area contributed by atoms with Crippen molar-refractivity contribution in [3.05, 3.63) is 40.9 Å². The van der Waals surface area contributed by atoms with Gasteiger partial charge in [0.2, 0.25) is 0 Å². The Morgan fingerprint density at radius 1 is 1.32 bits per heavy atom. The minimum Gasteiger partial charge on any atom is -0.396 e. The summed E-state index contributed by atoms with van der Waals surface area (Å²) in [5.74, 6) is 0. The maximum absolute atomic E-state index is 8.81. The van der Waals surface area contributed by atoms with Gasteiger partial charge in [-0.15, -0.1) is 11.3 Å². The highest BCUT2D eigenvalue weighted by Crippen LogP contribution is 2.31. The predicted molar refractivity (Wildman–Crippen MR) is 80.4 cm³/mol. The third-order valence-electron chi connectivity index (χ3n) is 3.03. The lowest BCUT2D eigenvalue weighted by Crippen LogP contribution is -2.20. The lowest BCUT2D eigenvalue weighted by molar-refractivity contribution is 0.284. The zero-order valence-electron chi connectivity index (χ0n) is 11.4. The fraction of sp³-hybridized carbons (Fsp3) is 0.400.